The van der Waals surface area contributed by atoms with Gasteiger partial charge in [-0.25, -0.2) is 0 Å². The SMILES string of the molecule is CN(CC1CCCO1)c1ccc(C#N)c(N)c1. The predicted molar refractivity (Wildman–Crippen MR) is 67.8 cm³/mol. The summed E-state index contributed by atoms with van der Waals surface area (Å²) in [5.41, 5.74) is 7.88. The van der Waals surface area contributed by atoms with Gasteiger partial charge in [-0.3, -0.25) is 0 Å². The number of nitrogen functional groups attached to an aromatic ring is 1. The average Bonchev–Trinajstić information content (AvgIpc) is 2.81. The van der Waals surface area contributed by atoms with Crippen LogP contribution in [0.15, 0.2) is 18.2 Å². The number of likely N-dealkylation sites (N-methyl/N-ethyl adjacent to an activating group) is 1. The van der Waals surface area contributed by atoms with E-state index in [9.17, 15) is 0 Å². The molecule has 0 amide bonds. The normalized spacial score (nSPS) is 18.9. The van der Waals surface area contributed by atoms with Crippen LogP contribution in [0.5, 0.6) is 0 Å². The molecule has 1 unspecified atom stereocenters. The number of ether oxygens (including phenoxy) is 1. The van der Waals surface area contributed by atoms with Crippen LogP contribution in [0.4, 0.5) is 11.4 Å². The largest absolute Gasteiger partial charge is 0.398 e. The Bertz CT molecular complexity index is 433. The molecule has 1 heterocycles. The molecule has 0 bridgehead atoms. The zero-order valence-electron chi connectivity index (χ0n) is 10.0. The molecule has 1 fully saturated rings. The van der Waals surface area contributed by atoms with Crippen LogP contribution in [0.1, 0.15) is 18.4 Å². The summed E-state index contributed by atoms with van der Waals surface area (Å²) in [6.45, 7) is 1.74. The van der Waals surface area contributed by atoms with E-state index in [0.29, 0.717) is 17.4 Å². The van der Waals surface area contributed by atoms with Crippen LogP contribution in [0.25, 0.3) is 0 Å². The van der Waals surface area contributed by atoms with Crippen molar-refractivity contribution in [2.45, 2.75) is 18.9 Å². The second kappa shape index (κ2) is 5.07. The molecule has 1 atom stereocenters. The molecule has 4 heteroatoms. The van der Waals surface area contributed by atoms with Crippen LogP contribution >= 0.6 is 0 Å². The molecule has 2 N–H and O–H groups in total. The van der Waals surface area contributed by atoms with Crippen molar-refractivity contribution in [1.29, 1.82) is 5.26 Å². The van der Waals surface area contributed by atoms with Crippen molar-refractivity contribution < 1.29 is 4.74 Å². The van der Waals surface area contributed by atoms with E-state index in [1.807, 2.05) is 19.2 Å². The summed E-state index contributed by atoms with van der Waals surface area (Å²) in [7, 11) is 2.02. The van der Waals surface area contributed by atoms with Gasteiger partial charge in [-0.05, 0) is 31.0 Å². The van der Waals surface area contributed by atoms with Gasteiger partial charge in [0.1, 0.15) is 6.07 Å². The molecule has 1 aliphatic heterocycles. The Hall–Kier alpha value is -1.73. The predicted octanol–water partition coefficient (Wildman–Crippen LogP) is 1.76. The maximum Gasteiger partial charge on any atom is 0.101 e. The number of nitriles is 1. The van der Waals surface area contributed by atoms with Crippen LogP contribution < -0.4 is 10.6 Å². The van der Waals surface area contributed by atoms with Gasteiger partial charge in [0.2, 0.25) is 0 Å². The highest BCUT2D eigenvalue weighted by Gasteiger charge is 2.17. The number of hydrogen-bond acceptors (Lipinski definition) is 4. The average molecular weight is 231 g/mol. The summed E-state index contributed by atoms with van der Waals surface area (Å²) in [5, 5.41) is 8.81. The van der Waals surface area contributed by atoms with E-state index < -0.39 is 0 Å². The summed E-state index contributed by atoms with van der Waals surface area (Å²) < 4.78 is 5.59. The molecule has 0 spiro atoms. The van der Waals surface area contributed by atoms with Gasteiger partial charge < -0.3 is 15.4 Å². The second-order valence-corrected chi connectivity index (χ2v) is 4.40. The molecule has 4 nitrogen and oxygen atoms in total. The standard InChI is InChI=1S/C13H17N3O/c1-16(9-12-3-2-6-17-12)11-5-4-10(8-14)13(15)7-11/h4-5,7,12H,2-3,6,9,15H2,1H3. The number of nitrogens with zero attached hydrogens (tertiary/aromatic N) is 2. The van der Waals surface area contributed by atoms with Crippen molar-refractivity contribution in [2.75, 3.05) is 30.8 Å². The van der Waals surface area contributed by atoms with Crippen molar-refractivity contribution in [3.05, 3.63) is 23.8 Å². The molecule has 1 aromatic rings. The minimum atomic E-state index is 0.317. The third-order valence-electron chi connectivity index (χ3n) is 3.10. The van der Waals surface area contributed by atoms with Gasteiger partial charge in [0, 0.05) is 25.9 Å². The van der Waals surface area contributed by atoms with Crippen LogP contribution in [0.2, 0.25) is 0 Å². The van der Waals surface area contributed by atoms with Crippen molar-refractivity contribution in [3.8, 4) is 6.07 Å². The molecular formula is C13H17N3O. The highest BCUT2D eigenvalue weighted by molar-refractivity contribution is 5.63. The lowest BCUT2D eigenvalue weighted by atomic mass is 10.1. The zero-order chi connectivity index (χ0) is 12.3. The summed E-state index contributed by atoms with van der Waals surface area (Å²) in [4.78, 5) is 2.12. The fraction of sp³-hybridized carbons (Fsp3) is 0.462. The number of nitrogens with two attached hydrogens (primary N) is 1. The first-order chi connectivity index (χ1) is 8.20. The van der Waals surface area contributed by atoms with Gasteiger partial charge in [-0.2, -0.15) is 5.26 Å². The maximum absolute atomic E-state index is 8.81. The molecule has 0 radical (unpaired) electrons. The Balaban J connectivity index is 2.06. The van der Waals surface area contributed by atoms with Gasteiger partial charge in [-0.15, -0.1) is 0 Å². The van der Waals surface area contributed by atoms with Crippen molar-refractivity contribution >= 4 is 11.4 Å². The van der Waals surface area contributed by atoms with E-state index in [1.54, 1.807) is 6.07 Å². The second-order valence-electron chi connectivity index (χ2n) is 4.40. The number of hydrogen-bond donors (Lipinski definition) is 1. The van der Waals surface area contributed by atoms with Gasteiger partial charge in [0.15, 0.2) is 0 Å². The van der Waals surface area contributed by atoms with E-state index in [4.69, 9.17) is 15.7 Å². The summed E-state index contributed by atoms with van der Waals surface area (Å²) in [5.74, 6) is 0. The van der Waals surface area contributed by atoms with Crippen molar-refractivity contribution in [2.24, 2.45) is 0 Å². The number of rotatable bonds is 3. The molecule has 1 aliphatic rings. The van der Waals surface area contributed by atoms with E-state index in [2.05, 4.69) is 11.0 Å². The Morgan fingerprint density at radius 1 is 1.59 bits per heavy atom. The lowest BCUT2D eigenvalue weighted by molar-refractivity contribution is 0.116. The van der Waals surface area contributed by atoms with E-state index in [-0.39, 0.29) is 0 Å². The monoisotopic (exact) mass is 231 g/mol. The summed E-state index contributed by atoms with van der Waals surface area (Å²) in [6, 6.07) is 7.59. The quantitative estimate of drug-likeness (QED) is 0.805. The fourth-order valence-corrected chi connectivity index (χ4v) is 2.09. The zero-order valence-corrected chi connectivity index (χ0v) is 10.0. The fourth-order valence-electron chi connectivity index (χ4n) is 2.09. The lowest BCUT2D eigenvalue weighted by Crippen LogP contribution is -2.28. The van der Waals surface area contributed by atoms with E-state index in [1.165, 1.54) is 0 Å². The molecule has 0 aromatic heterocycles. The molecular weight excluding hydrogens is 214 g/mol. The summed E-state index contributed by atoms with van der Waals surface area (Å²) in [6.07, 6.45) is 2.58. The third kappa shape index (κ3) is 2.69. The highest BCUT2D eigenvalue weighted by Crippen LogP contribution is 2.22. The Morgan fingerprint density at radius 3 is 3.00 bits per heavy atom. The van der Waals surface area contributed by atoms with E-state index in [0.717, 1.165) is 31.7 Å². The molecule has 0 saturated carbocycles. The van der Waals surface area contributed by atoms with Crippen molar-refractivity contribution in [3.63, 3.8) is 0 Å². The molecule has 90 valence electrons. The van der Waals surface area contributed by atoms with Crippen LogP contribution in [-0.4, -0.2) is 26.3 Å². The third-order valence-corrected chi connectivity index (χ3v) is 3.10. The number of anilines is 2. The van der Waals surface area contributed by atoms with Crippen LogP contribution in [-0.2, 0) is 4.74 Å². The maximum atomic E-state index is 8.81. The van der Waals surface area contributed by atoms with Crippen LogP contribution in [0, 0.1) is 11.3 Å². The summed E-state index contributed by atoms with van der Waals surface area (Å²) >= 11 is 0. The Kier molecular flexibility index (Phi) is 3.50. The molecule has 2 rings (SSSR count). The first-order valence-electron chi connectivity index (χ1n) is 5.83. The van der Waals surface area contributed by atoms with Gasteiger partial charge >= 0.3 is 0 Å². The highest BCUT2D eigenvalue weighted by atomic mass is 16.5. The lowest BCUT2D eigenvalue weighted by Gasteiger charge is -2.23. The molecule has 1 aromatic carbocycles. The Labute approximate surface area is 102 Å². The minimum Gasteiger partial charge on any atom is -0.398 e. The smallest absolute Gasteiger partial charge is 0.101 e. The molecule has 1 saturated heterocycles. The Morgan fingerprint density at radius 2 is 2.41 bits per heavy atom. The molecule has 17 heavy (non-hydrogen) atoms. The number of benzene rings is 1. The molecule has 0 aliphatic carbocycles. The topological polar surface area (TPSA) is 62.3 Å². The first kappa shape index (κ1) is 11.7. The minimum absolute atomic E-state index is 0.317. The van der Waals surface area contributed by atoms with Gasteiger partial charge in [0.25, 0.3) is 0 Å². The van der Waals surface area contributed by atoms with E-state index >= 15 is 0 Å². The van der Waals surface area contributed by atoms with Crippen LogP contribution in [0.3, 0.4) is 0 Å². The van der Waals surface area contributed by atoms with Gasteiger partial charge in [-0.1, -0.05) is 0 Å². The van der Waals surface area contributed by atoms with Gasteiger partial charge in [0.05, 0.1) is 17.4 Å². The first-order valence-corrected chi connectivity index (χ1v) is 5.83. The van der Waals surface area contributed by atoms with Crippen molar-refractivity contribution in [1.82, 2.24) is 0 Å².